The van der Waals surface area contributed by atoms with Gasteiger partial charge in [0.05, 0.1) is 29.1 Å². The number of aromatic nitrogens is 2. The SMILES string of the molecule is C[C@H](CC(=O)c1c2n(c(=O)n1-c1ccc(OC3CC3)cc1)CCN(C(=O)c1ccc(Br)c(Cl)c1)C2)c1ccc(O[C@H](C)C(N)=O)cc1F. The zero-order valence-corrected chi connectivity index (χ0v) is 28.6. The van der Waals surface area contributed by atoms with Gasteiger partial charge in [-0.15, -0.1) is 0 Å². The largest absolute Gasteiger partial charge is 0.490 e. The Bertz CT molecular complexity index is 1970. The van der Waals surface area contributed by atoms with Crippen molar-refractivity contribution in [3.8, 4) is 17.2 Å². The molecule has 10 nitrogen and oxygen atoms in total. The standard InChI is InChI=1S/C35H33BrClFN4O6/c1-19(26-11-10-25(17-29(26)38)47-20(2)33(39)44)15-31(43)32-30-18-40(34(45)21-3-12-27(36)28(37)16-21)13-14-41(30)35(46)42(32)22-4-6-23(7-5-22)48-24-8-9-24/h3-7,10-12,16-17,19-20,24H,8-9,13-15,18H2,1-2H3,(H2,39,44)/t19-,20-/m1/s1. The van der Waals surface area contributed by atoms with Crippen LogP contribution in [0.2, 0.25) is 5.02 Å². The van der Waals surface area contributed by atoms with E-state index in [0.29, 0.717) is 32.2 Å². The van der Waals surface area contributed by atoms with Crippen molar-refractivity contribution in [3.63, 3.8) is 0 Å². The van der Waals surface area contributed by atoms with E-state index in [1.807, 2.05) is 0 Å². The van der Waals surface area contributed by atoms with Crippen LogP contribution in [0.5, 0.6) is 11.5 Å². The Hall–Kier alpha value is -4.42. The van der Waals surface area contributed by atoms with Crippen molar-refractivity contribution in [2.45, 2.75) is 64.3 Å². The lowest BCUT2D eigenvalue weighted by Crippen LogP contribution is -2.41. The Morgan fingerprint density at radius 2 is 1.73 bits per heavy atom. The van der Waals surface area contributed by atoms with E-state index < -0.39 is 35.2 Å². The van der Waals surface area contributed by atoms with Gasteiger partial charge < -0.3 is 20.1 Å². The Balaban J connectivity index is 1.33. The number of ether oxygens (including phenoxy) is 2. The molecule has 0 unspecified atom stereocenters. The highest BCUT2D eigenvalue weighted by molar-refractivity contribution is 9.10. The molecule has 48 heavy (non-hydrogen) atoms. The zero-order chi connectivity index (χ0) is 34.3. The Morgan fingerprint density at radius 3 is 2.38 bits per heavy atom. The molecule has 0 radical (unpaired) electrons. The van der Waals surface area contributed by atoms with Crippen LogP contribution < -0.4 is 20.9 Å². The summed E-state index contributed by atoms with van der Waals surface area (Å²) < 4.78 is 30.1. The lowest BCUT2D eigenvalue weighted by atomic mass is 9.93. The van der Waals surface area contributed by atoms with Crippen LogP contribution in [0.4, 0.5) is 4.39 Å². The fourth-order valence-electron chi connectivity index (χ4n) is 5.75. The molecule has 2 atom stereocenters. The third-order valence-corrected chi connectivity index (χ3v) is 9.76. The van der Waals surface area contributed by atoms with Crippen molar-refractivity contribution in [2.75, 3.05) is 6.54 Å². The second-order valence-electron chi connectivity index (χ2n) is 12.1. The van der Waals surface area contributed by atoms with Crippen molar-refractivity contribution < 1.29 is 28.2 Å². The molecule has 1 aliphatic heterocycles. The first-order valence-corrected chi connectivity index (χ1v) is 16.7. The van der Waals surface area contributed by atoms with Gasteiger partial charge in [-0.2, -0.15) is 0 Å². The lowest BCUT2D eigenvalue weighted by molar-refractivity contribution is -0.124. The summed E-state index contributed by atoms with van der Waals surface area (Å²) in [7, 11) is 0. The minimum Gasteiger partial charge on any atom is -0.490 e. The topological polar surface area (TPSA) is 126 Å². The van der Waals surface area contributed by atoms with E-state index in [0.717, 1.165) is 18.9 Å². The number of carbonyl (C=O) groups excluding carboxylic acids is 3. The van der Waals surface area contributed by atoms with Crippen molar-refractivity contribution >= 4 is 45.1 Å². The summed E-state index contributed by atoms with van der Waals surface area (Å²) in [5.41, 5.74) is 6.46. The van der Waals surface area contributed by atoms with Gasteiger partial charge in [-0.1, -0.05) is 24.6 Å². The first-order chi connectivity index (χ1) is 22.9. The van der Waals surface area contributed by atoms with Gasteiger partial charge in [-0.3, -0.25) is 23.5 Å². The molecule has 4 aromatic rings. The van der Waals surface area contributed by atoms with Crippen LogP contribution in [-0.4, -0.2) is 50.4 Å². The van der Waals surface area contributed by atoms with Gasteiger partial charge in [0.15, 0.2) is 11.9 Å². The molecular formula is C35H33BrClFN4O6. The highest BCUT2D eigenvalue weighted by Gasteiger charge is 2.33. The second kappa shape index (κ2) is 13.6. The number of nitrogens with two attached hydrogens (primary N) is 1. The van der Waals surface area contributed by atoms with Crippen LogP contribution in [-0.2, 0) is 17.9 Å². The molecule has 0 bridgehead atoms. The second-order valence-corrected chi connectivity index (χ2v) is 13.4. The van der Waals surface area contributed by atoms with E-state index in [1.54, 1.807) is 54.3 Å². The molecular weight excluding hydrogens is 707 g/mol. The molecule has 250 valence electrons. The number of imidazole rings is 1. The van der Waals surface area contributed by atoms with Crippen LogP contribution >= 0.6 is 27.5 Å². The third kappa shape index (κ3) is 6.91. The van der Waals surface area contributed by atoms with E-state index in [1.165, 1.54) is 28.2 Å². The first kappa shape index (κ1) is 33.5. The molecule has 1 aliphatic carbocycles. The number of nitrogens with zero attached hydrogens (tertiary/aromatic N) is 3. The molecule has 0 spiro atoms. The molecule has 2 heterocycles. The van der Waals surface area contributed by atoms with Crippen LogP contribution in [0.15, 0.2) is 69.9 Å². The average molecular weight is 740 g/mol. The highest BCUT2D eigenvalue weighted by Crippen LogP contribution is 2.31. The highest BCUT2D eigenvalue weighted by atomic mass is 79.9. The molecule has 6 rings (SSSR count). The van der Waals surface area contributed by atoms with E-state index in [-0.39, 0.29) is 55.1 Å². The smallest absolute Gasteiger partial charge is 0.333 e. The number of fused-ring (bicyclic) bond motifs is 1. The maximum absolute atomic E-state index is 15.3. The number of Topliss-reactive ketones (excluding diaryl/α,β-unsaturated/α-hetero) is 1. The maximum atomic E-state index is 15.3. The number of ketones is 1. The average Bonchev–Trinajstić information content (AvgIpc) is 3.83. The number of carbonyl (C=O) groups is 3. The summed E-state index contributed by atoms with van der Waals surface area (Å²) in [6, 6.07) is 16.1. The van der Waals surface area contributed by atoms with Gasteiger partial charge in [0.1, 0.15) is 23.0 Å². The molecule has 1 saturated carbocycles. The van der Waals surface area contributed by atoms with Gasteiger partial charge in [0.2, 0.25) is 0 Å². The monoisotopic (exact) mass is 738 g/mol. The predicted molar refractivity (Wildman–Crippen MR) is 181 cm³/mol. The maximum Gasteiger partial charge on any atom is 0.333 e. The van der Waals surface area contributed by atoms with Gasteiger partial charge in [0, 0.05) is 35.6 Å². The van der Waals surface area contributed by atoms with Crippen molar-refractivity contribution in [1.82, 2.24) is 14.0 Å². The minimum atomic E-state index is -0.950. The molecule has 3 aromatic carbocycles. The summed E-state index contributed by atoms with van der Waals surface area (Å²) in [6.07, 6.45) is 1.10. The van der Waals surface area contributed by atoms with E-state index in [4.69, 9.17) is 26.8 Å². The number of hydrogen-bond donors (Lipinski definition) is 1. The van der Waals surface area contributed by atoms with Crippen molar-refractivity contribution in [1.29, 1.82) is 0 Å². The van der Waals surface area contributed by atoms with Gasteiger partial charge in [-0.05, 0) is 95.7 Å². The summed E-state index contributed by atoms with van der Waals surface area (Å²) >= 11 is 9.60. The fraction of sp³-hybridized carbons (Fsp3) is 0.314. The van der Waals surface area contributed by atoms with Crippen LogP contribution in [0.25, 0.3) is 5.69 Å². The summed E-state index contributed by atoms with van der Waals surface area (Å²) in [4.78, 5) is 54.7. The van der Waals surface area contributed by atoms with Gasteiger partial charge in [-0.25, -0.2) is 9.18 Å². The summed E-state index contributed by atoms with van der Waals surface area (Å²) in [6.45, 7) is 3.60. The molecule has 13 heteroatoms. The molecule has 1 aromatic heterocycles. The molecule has 2 aliphatic rings. The molecule has 1 fully saturated rings. The van der Waals surface area contributed by atoms with Crippen molar-refractivity contribution in [3.05, 3.63) is 109 Å². The molecule has 2 N–H and O–H groups in total. The number of halogens is 3. The predicted octanol–water partition coefficient (Wildman–Crippen LogP) is 6.02. The lowest BCUT2D eigenvalue weighted by Gasteiger charge is -2.28. The zero-order valence-electron chi connectivity index (χ0n) is 26.3. The Morgan fingerprint density at radius 1 is 1.02 bits per heavy atom. The quantitative estimate of drug-likeness (QED) is 0.188. The van der Waals surface area contributed by atoms with Crippen molar-refractivity contribution in [2.24, 2.45) is 5.73 Å². The van der Waals surface area contributed by atoms with Crippen LogP contribution in [0.3, 0.4) is 0 Å². The number of amides is 2. The third-order valence-electron chi connectivity index (χ3n) is 8.53. The fourth-order valence-corrected chi connectivity index (χ4v) is 6.18. The van der Waals surface area contributed by atoms with Gasteiger partial charge in [0.25, 0.3) is 11.8 Å². The molecule has 0 saturated heterocycles. The van der Waals surface area contributed by atoms with E-state index in [2.05, 4.69) is 15.9 Å². The number of hydrogen-bond acceptors (Lipinski definition) is 6. The van der Waals surface area contributed by atoms with Gasteiger partial charge >= 0.3 is 5.69 Å². The number of rotatable bonds is 11. The van der Waals surface area contributed by atoms with E-state index in [9.17, 15) is 19.2 Å². The van der Waals surface area contributed by atoms with Crippen LogP contribution in [0.1, 0.15) is 71.1 Å². The normalized spacial score (nSPS) is 15.4. The van der Waals surface area contributed by atoms with E-state index >= 15 is 4.39 Å². The summed E-state index contributed by atoms with van der Waals surface area (Å²) in [5, 5.41) is 0.383. The Labute approximate surface area is 289 Å². The molecule has 2 amide bonds. The number of benzene rings is 3. The van der Waals surface area contributed by atoms with Crippen LogP contribution in [0, 0.1) is 5.82 Å². The number of primary amides is 1. The minimum absolute atomic E-state index is 0.00549. The summed E-state index contributed by atoms with van der Waals surface area (Å²) in [5.74, 6) is -1.79. The Kier molecular flexibility index (Phi) is 9.48. The first-order valence-electron chi connectivity index (χ1n) is 15.6.